The van der Waals surface area contributed by atoms with Gasteiger partial charge in [-0.15, -0.1) is 10.2 Å². The summed E-state index contributed by atoms with van der Waals surface area (Å²) < 4.78 is 7.77. The third kappa shape index (κ3) is 2.69. The van der Waals surface area contributed by atoms with Crippen molar-refractivity contribution in [3.8, 4) is 17.1 Å². The third-order valence-corrected chi connectivity index (χ3v) is 5.41. The molecule has 3 heterocycles. The van der Waals surface area contributed by atoms with E-state index in [2.05, 4.69) is 21.7 Å². The molecule has 4 rings (SSSR count). The van der Waals surface area contributed by atoms with Crippen molar-refractivity contribution in [3.05, 3.63) is 30.1 Å². The summed E-state index contributed by atoms with van der Waals surface area (Å²) in [6.45, 7) is 3.67. The van der Waals surface area contributed by atoms with E-state index in [9.17, 15) is 4.79 Å². The van der Waals surface area contributed by atoms with Crippen molar-refractivity contribution in [1.29, 1.82) is 0 Å². The first-order valence-corrected chi connectivity index (χ1v) is 9.07. The van der Waals surface area contributed by atoms with Crippen molar-refractivity contribution < 1.29 is 9.53 Å². The molecule has 0 unspecified atom stereocenters. The fourth-order valence-electron chi connectivity index (χ4n) is 4.18. The summed E-state index contributed by atoms with van der Waals surface area (Å²) >= 11 is 0. The summed E-state index contributed by atoms with van der Waals surface area (Å²) in [6.07, 6.45) is 3.52. The van der Waals surface area contributed by atoms with Crippen LogP contribution in [0.15, 0.2) is 24.3 Å². The molecule has 1 saturated heterocycles. The van der Waals surface area contributed by atoms with E-state index in [1.807, 2.05) is 29.2 Å². The molecule has 1 amide bonds. The first-order valence-electron chi connectivity index (χ1n) is 9.07. The molecule has 0 N–H and O–H groups in total. The monoisotopic (exact) mass is 340 g/mol. The topological polar surface area (TPSA) is 60.3 Å². The number of fused-ring (bicyclic) bond motifs is 3. The van der Waals surface area contributed by atoms with Crippen LogP contribution in [0.2, 0.25) is 0 Å². The number of hydrogen-bond acceptors (Lipinski definition) is 4. The zero-order valence-electron chi connectivity index (χ0n) is 14.8. The Morgan fingerprint density at radius 1 is 1.28 bits per heavy atom. The van der Waals surface area contributed by atoms with Gasteiger partial charge in [0.15, 0.2) is 5.82 Å². The van der Waals surface area contributed by atoms with E-state index < -0.39 is 0 Å². The van der Waals surface area contributed by atoms with Crippen LogP contribution in [-0.4, -0.2) is 45.8 Å². The molecule has 2 aliphatic rings. The van der Waals surface area contributed by atoms with Crippen LogP contribution >= 0.6 is 0 Å². The number of carbonyl (C=O) groups is 1. The number of aryl methyl sites for hydroxylation is 1. The van der Waals surface area contributed by atoms with Gasteiger partial charge in [0.05, 0.1) is 18.7 Å². The molecule has 2 aromatic rings. The number of benzene rings is 1. The molecule has 25 heavy (non-hydrogen) atoms. The zero-order valence-corrected chi connectivity index (χ0v) is 14.8. The van der Waals surface area contributed by atoms with Gasteiger partial charge in [-0.2, -0.15) is 0 Å². The molecule has 0 aliphatic carbocycles. The van der Waals surface area contributed by atoms with Crippen LogP contribution in [0, 0.1) is 5.92 Å². The minimum absolute atomic E-state index is 0.263. The Balaban J connectivity index is 1.70. The summed E-state index contributed by atoms with van der Waals surface area (Å²) in [5.41, 5.74) is 0.961. The van der Waals surface area contributed by atoms with E-state index >= 15 is 0 Å². The lowest BCUT2D eigenvalue weighted by molar-refractivity contribution is -0.130. The quantitative estimate of drug-likeness (QED) is 0.858. The van der Waals surface area contributed by atoms with Crippen LogP contribution in [0.5, 0.6) is 5.75 Å². The number of para-hydroxylation sites is 1. The Kier molecular flexibility index (Phi) is 4.19. The highest BCUT2D eigenvalue weighted by molar-refractivity contribution is 5.76. The summed E-state index contributed by atoms with van der Waals surface area (Å²) in [6, 6.07) is 8.18. The van der Waals surface area contributed by atoms with Crippen molar-refractivity contribution in [2.75, 3.05) is 20.2 Å². The minimum Gasteiger partial charge on any atom is -0.496 e. The molecule has 1 fully saturated rings. The molecule has 0 bridgehead atoms. The number of methoxy groups -OCH3 is 1. The van der Waals surface area contributed by atoms with Gasteiger partial charge in [0.2, 0.25) is 5.91 Å². The minimum atomic E-state index is 0.263. The summed E-state index contributed by atoms with van der Waals surface area (Å²) in [4.78, 5) is 14.4. The number of ether oxygens (including phenoxy) is 1. The van der Waals surface area contributed by atoms with Crippen LogP contribution in [0.25, 0.3) is 11.4 Å². The highest BCUT2D eigenvalue weighted by Crippen LogP contribution is 2.40. The number of amides is 1. The van der Waals surface area contributed by atoms with Gasteiger partial charge in [0.1, 0.15) is 11.6 Å². The summed E-state index contributed by atoms with van der Waals surface area (Å²) in [5, 5.41) is 8.90. The fraction of sp³-hybridized carbons (Fsp3) is 0.526. The highest BCUT2D eigenvalue weighted by atomic mass is 16.5. The van der Waals surface area contributed by atoms with Gasteiger partial charge in [0.25, 0.3) is 0 Å². The first-order chi connectivity index (χ1) is 12.2. The number of likely N-dealkylation sites (tertiary alicyclic amines) is 1. The number of aromatic nitrogens is 3. The van der Waals surface area contributed by atoms with Gasteiger partial charge >= 0.3 is 0 Å². The van der Waals surface area contributed by atoms with E-state index in [0.29, 0.717) is 12.3 Å². The maximum Gasteiger partial charge on any atom is 0.222 e. The van der Waals surface area contributed by atoms with Gasteiger partial charge in [-0.05, 0) is 30.9 Å². The second-order valence-corrected chi connectivity index (χ2v) is 6.92. The summed E-state index contributed by atoms with van der Waals surface area (Å²) in [7, 11) is 1.68. The van der Waals surface area contributed by atoms with E-state index in [-0.39, 0.29) is 11.9 Å². The van der Waals surface area contributed by atoms with E-state index in [1.165, 1.54) is 0 Å². The normalized spacial score (nSPS) is 21.8. The van der Waals surface area contributed by atoms with Crippen molar-refractivity contribution in [1.82, 2.24) is 19.7 Å². The SMILES string of the molecule is CCCC(=O)N1C[C@H]2CCc3nnc(-c4ccccc4OC)n3[C@H]2C1. The fourth-order valence-corrected chi connectivity index (χ4v) is 4.18. The molecule has 2 atom stereocenters. The van der Waals surface area contributed by atoms with Crippen LogP contribution in [0.1, 0.15) is 38.1 Å². The molecule has 6 heteroatoms. The van der Waals surface area contributed by atoms with Gasteiger partial charge in [-0.25, -0.2) is 0 Å². The average molecular weight is 340 g/mol. The van der Waals surface area contributed by atoms with Crippen LogP contribution in [-0.2, 0) is 11.2 Å². The van der Waals surface area contributed by atoms with Crippen molar-refractivity contribution in [2.45, 2.75) is 38.6 Å². The molecule has 1 aromatic carbocycles. The smallest absolute Gasteiger partial charge is 0.222 e. The van der Waals surface area contributed by atoms with Gasteiger partial charge < -0.3 is 14.2 Å². The molecular weight excluding hydrogens is 316 g/mol. The number of carbonyl (C=O) groups excluding carboxylic acids is 1. The highest BCUT2D eigenvalue weighted by Gasteiger charge is 2.41. The molecule has 0 saturated carbocycles. The van der Waals surface area contributed by atoms with Gasteiger partial charge in [0, 0.05) is 25.9 Å². The molecule has 1 aromatic heterocycles. The number of nitrogens with zero attached hydrogens (tertiary/aromatic N) is 4. The van der Waals surface area contributed by atoms with Crippen LogP contribution in [0.4, 0.5) is 0 Å². The lowest BCUT2D eigenvalue weighted by Crippen LogP contribution is -2.29. The van der Waals surface area contributed by atoms with Gasteiger partial charge in [-0.1, -0.05) is 19.1 Å². The Morgan fingerprint density at radius 3 is 2.92 bits per heavy atom. The Labute approximate surface area is 147 Å². The maximum atomic E-state index is 12.4. The predicted octanol–water partition coefficient (Wildman–Crippen LogP) is 2.70. The van der Waals surface area contributed by atoms with E-state index in [1.54, 1.807) is 7.11 Å². The third-order valence-electron chi connectivity index (χ3n) is 5.41. The average Bonchev–Trinajstić information content (AvgIpc) is 3.25. The van der Waals surface area contributed by atoms with E-state index in [4.69, 9.17) is 4.74 Å². The molecule has 6 nitrogen and oxygen atoms in total. The van der Waals surface area contributed by atoms with Gasteiger partial charge in [-0.3, -0.25) is 4.79 Å². The standard InChI is InChI=1S/C19H24N4O2/c1-3-6-18(24)22-11-13-9-10-17-20-21-19(23(17)15(13)12-22)14-7-4-5-8-16(14)25-2/h4-5,7-8,13,15H,3,6,9-12H2,1-2H3/t13-,15+/m1/s1. The second kappa shape index (κ2) is 6.50. The lowest BCUT2D eigenvalue weighted by Gasteiger charge is -2.27. The molecular formula is C19H24N4O2. The predicted molar refractivity (Wildman–Crippen MR) is 94.3 cm³/mol. The maximum absolute atomic E-state index is 12.4. The number of rotatable bonds is 4. The molecule has 132 valence electrons. The van der Waals surface area contributed by atoms with E-state index in [0.717, 1.165) is 55.3 Å². The zero-order chi connectivity index (χ0) is 17.4. The lowest BCUT2D eigenvalue weighted by atomic mass is 9.93. The number of hydrogen-bond donors (Lipinski definition) is 0. The first kappa shape index (κ1) is 16.1. The van der Waals surface area contributed by atoms with Crippen LogP contribution < -0.4 is 4.74 Å². The van der Waals surface area contributed by atoms with Crippen molar-refractivity contribution in [3.63, 3.8) is 0 Å². The molecule has 0 spiro atoms. The summed E-state index contributed by atoms with van der Waals surface area (Å²) in [5.74, 6) is 3.43. The van der Waals surface area contributed by atoms with Crippen molar-refractivity contribution >= 4 is 5.91 Å². The Bertz CT molecular complexity index is 785. The largest absolute Gasteiger partial charge is 0.496 e. The second-order valence-electron chi connectivity index (χ2n) is 6.92. The Morgan fingerprint density at radius 2 is 2.12 bits per heavy atom. The molecule has 2 aliphatic heterocycles. The molecule has 0 radical (unpaired) electrons. The van der Waals surface area contributed by atoms with Crippen molar-refractivity contribution in [2.24, 2.45) is 5.92 Å². The Hall–Kier alpha value is -2.37. The van der Waals surface area contributed by atoms with Crippen LogP contribution in [0.3, 0.4) is 0 Å².